The zero-order valence-corrected chi connectivity index (χ0v) is 11.0. The van der Waals surface area contributed by atoms with E-state index in [1.165, 1.54) is 25.2 Å². The normalized spacial score (nSPS) is 9.85. The lowest BCUT2D eigenvalue weighted by atomic mass is 10.1. The lowest BCUT2D eigenvalue weighted by Gasteiger charge is -2.07. The molecule has 0 aliphatic rings. The topological polar surface area (TPSA) is 127 Å². The van der Waals surface area contributed by atoms with Crippen LogP contribution in [0, 0.1) is 10.1 Å². The van der Waals surface area contributed by atoms with Gasteiger partial charge in [0, 0.05) is 31.6 Å². The van der Waals surface area contributed by atoms with Crippen LogP contribution in [0.4, 0.5) is 11.4 Å². The van der Waals surface area contributed by atoms with E-state index in [0.29, 0.717) is 18.5 Å². The van der Waals surface area contributed by atoms with Crippen molar-refractivity contribution in [3.63, 3.8) is 0 Å². The second-order valence-electron chi connectivity index (χ2n) is 4.06. The Morgan fingerprint density at radius 3 is 2.65 bits per heavy atom. The quantitative estimate of drug-likeness (QED) is 0.383. The predicted octanol–water partition coefficient (Wildman–Crippen LogP) is 0.632. The van der Waals surface area contributed by atoms with Gasteiger partial charge in [0.15, 0.2) is 0 Å². The standard InChI is InChI=1S/C12H16N4O4/c1-14-9-7-8(4-5-10(9)16(19)20)12(18)15-6-2-3-11(13)17/h4-5,7,14H,2-3,6H2,1H3,(H2,13,17)(H,15,18). The zero-order valence-electron chi connectivity index (χ0n) is 11.0. The smallest absolute Gasteiger partial charge is 0.292 e. The third-order valence-corrected chi connectivity index (χ3v) is 2.61. The van der Waals surface area contributed by atoms with Gasteiger partial charge in [0.2, 0.25) is 5.91 Å². The van der Waals surface area contributed by atoms with Gasteiger partial charge in [-0.25, -0.2) is 0 Å². The van der Waals surface area contributed by atoms with Crippen molar-refractivity contribution in [3.8, 4) is 0 Å². The van der Waals surface area contributed by atoms with Crippen molar-refractivity contribution >= 4 is 23.2 Å². The van der Waals surface area contributed by atoms with E-state index in [0.717, 1.165) is 0 Å². The second kappa shape index (κ2) is 7.07. The molecule has 1 rings (SSSR count). The number of anilines is 1. The zero-order chi connectivity index (χ0) is 15.1. The Bertz CT molecular complexity index is 530. The van der Waals surface area contributed by atoms with Crippen LogP contribution < -0.4 is 16.4 Å². The third-order valence-electron chi connectivity index (χ3n) is 2.61. The van der Waals surface area contributed by atoms with E-state index >= 15 is 0 Å². The summed E-state index contributed by atoms with van der Waals surface area (Å²) < 4.78 is 0. The average molecular weight is 280 g/mol. The van der Waals surface area contributed by atoms with Crippen molar-refractivity contribution < 1.29 is 14.5 Å². The molecule has 8 nitrogen and oxygen atoms in total. The molecule has 1 aromatic rings. The van der Waals surface area contributed by atoms with Gasteiger partial charge in [-0.15, -0.1) is 0 Å². The molecule has 0 saturated heterocycles. The van der Waals surface area contributed by atoms with Crippen molar-refractivity contribution in [1.29, 1.82) is 0 Å². The number of nitrogens with zero attached hydrogens (tertiary/aromatic N) is 1. The van der Waals surface area contributed by atoms with E-state index in [-0.39, 0.29) is 23.7 Å². The van der Waals surface area contributed by atoms with Gasteiger partial charge >= 0.3 is 0 Å². The molecular formula is C12H16N4O4. The summed E-state index contributed by atoms with van der Waals surface area (Å²) in [5, 5.41) is 16.0. The summed E-state index contributed by atoms with van der Waals surface area (Å²) >= 11 is 0. The number of carbonyl (C=O) groups is 2. The molecular weight excluding hydrogens is 264 g/mol. The van der Waals surface area contributed by atoms with Gasteiger partial charge < -0.3 is 16.4 Å². The minimum Gasteiger partial charge on any atom is -0.383 e. The third kappa shape index (κ3) is 4.23. The number of nitro groups is 1. The molecule has 0 atom stereocenters. The molecule has 0 aliphatic heterocycles. The van der Waals surface area contributed by atoms with Crippen molar-refractivity contribution in [3.05, 3.63) is 33.9 Å². The maximum absolute atomic E-state index is 11.8. The highest BCUT2D eigenvalue weighted by Crippen LogP contribution is 2.24. The summed E-state index contributed by atoms with van der Waals surface area (Å²) in [5.74, 6) is -0.784. The fourth-order valence-corrected chi connectivity index (χ4v) is 1.60. The molecule has 0 aliphatic carbocycles. The highest BCUT2D eigenvalue weighted by molar-refractivity contribution is 5.95. The lowest BCUT2D eigenvalue weighted by Crippen LogP contribution is -2.25. The Kier molecular flexibility index (Phi) is 5.45. The van der Waals surface area contributed by atoms with Gasteiger partial charge in [-0.05, 0) is 18.6 Å². The molecule has 20 heavy (non-hydrogen) atoms. The van der Waals surface area contributed by atoms with Crippen LogP contribution in [0.2, 0.25) is 0 Å². The van der Waals surface area contributed by atoms with E-state index < -0.39 is 10.8 Å². The largest absolute Gasteiger partial charge is 0.383 e. The van der Waals surface area contributed by atoms with Gasteiger partial charge in [0.25, 0.3) is 11.6 Å². The molecule has 0 spiro atoms. The molecule has 0 fully saturated rings. The van der Waals surface area contributed by atoms with Gasteiger partial charge in [-0.2, -0.15) is 0 Å². The maximum atomic E-state index is 11.8. The van der Waals surface area contributed by atoms with E-state index in [1.807, 2.05) is 0 Å². The van der Waals surface area contributed by atoms with Crippen LogP contribution in [0.15, 0.2) is 18.2 Å². The van der Waals surface area contributed by atoms with Crippen LogP contribution in [0.25, 0.3) is 0 Å². The minimum absolute atomic E-state index is 0.0993. The summed E-state index contributed by atoms with van der Waals surface area (Å²) in [5.41, 5.74) is 5.45. The summed E-state index contributed by atoms with van der Waals surface area (Å²) in [6.45, 7) is 0.313. The van der Waals surface area contributed by atoms with Gasteiger partial charge in [0.1, 0.15) is 5.69 Å². The van der Waals surface area contributed by atoms with Gasteiger partial charge in [-0.1, -0.05) is 0 Å². The fraction of sp³-hybridized carbons (Fsp3) is 0.333. The van der Waals surface area contributed by atoms with Crippen LogP contribution in [-0.4, -0.2) is 30.3 Å². The summed E-state index contributed by atoms with van der Waals surface area (Å²) in [7, 11) is 1.54. The SMILES string of the molecule is CNc1cc(C(=O)NCCCC(N)=O)ccc1[N+](=O)[O-]. The summed E-state index contributed by atoms with van der Waals surface area (Å²) in [4.78, 5) is 32.6. The number of primary amides is 1. The number of nitrogens with two attached hydrogens (primary N) is 1. The first-order valence-corrected chi connectivity index (χ1v) is 5.98. The van der Waals surface area contributed by atoms with Gasteiger partial charge in [0.05, 0.1) is 4.92 Å². The number of amides is 2. The van der Waals surface area contributed by atoms with Crippen LogP contribution in [0.1, 0.15) is 23.2 Å². The molecule has 0 unspecified atom stereocenters. The fourth-order valence-electron chi connectivity index (χ4n) is 1.60. The van der Waals surface area contributed by atoms with Crippen LogP contribution in [0.5, 0.6) is 0 Å². The van der Waals surface area contributed by atoms with E-state index in [4.69, 9.17) is 5.73 Å². The molecule has 0 radical (unpaired) electrons. The number of nitrogens with one attached hydrogen (secondary N) is 2. The monoisotopic (exact) mass is 280 g/mol. The average Bonchev–Trinajstić information content (AvgIpc) is 2.42. The summed E-state index contributed by atoms with van der Waals surface area (Å²) in [6.07, 6.45) is 0.648. The molecule has 108 valence electrons. The first-order valence-electron chi connectivity index (χ1n) is 5.98. The van der Waals surface area contributed by atoms with Crippen molar-refractivity contribution in [2.45, 2.75) is 12.8 Å². The van der Waals surface area contributed by atoms with Crippen LogP contribution in [0.3, 0.4) is 0 Å². The van der Waals surface area contributed by atoms with Gasteiger partial charge in [-0.3, -0.25) is 19.7 Å². The maximum Gasteiger partial charge on any atom is 0.292 e. The summed E-state index contributed by atoms with van der Waals surface area (Å²) in [6, 6.07) is 4.05. The van der Waals surface area contributed by atoms with Crippen LogP contribution in [-0.2, 0) is 4.79 Å². The Morgan fingerprint density at radius 2 is 2.10 bits per heavy atom. The van der Waals surface area contributed by atoms with E-state index in [2.05, 4.69) is 10.6 Å². The molecule has 1 aromatic carbocycles. The molecule has 0 saturated carbocycles. The number of hydrogen-bond acceptors (Lipinski definition) is 5. The minimum atomic E-state index is -0.527. The number of rotatable bonds is 7. The molecule has 0 aromatic heterocycles. The Morgan fingerprint density at radius 1 is 1.40 bits per heavy atom. The Hall–Kier alpha value is -2.64. The molecule has 0 bridgehead atoms. The number of benzene rings is 1. The van der Waals surface area contributed by atoms with Crippen LogP contribution >= 0.6 is 0 Å². The number of carbonyl (C=O) groups excluding carboxylic acids is 2. The molecule has 2 amide bonds. The first kappa shape index (κ1) is 15.4. The predicted molar refractivity (Wildman–Crippen MR) is 73.4 cm³/mol. The first-order chi connectivity index (χ1) is 9.45. The molecule has 0 heterocycles. The Labute approximate surface area is 115 Å². The van der Waals surface area contributed by atoms with Crippen molar-refractivity contribution in [2.75, 3.05) is 18.9 Å². The van der Waals surface area contributed by atoms with E-state index in [9.17, 15) is 19.7 Å². The number of hydrogen-bond donors (Lipinski definition) is 3. The highest BCUT2D eigenvalue weighted by Gasteiger charge is 2.15. The van der Waals surface area contributed by atoms with E-state index in [1.54, 1.807) is 0 Å². The lowest BCUT2D eigenvalue weighted by molar-refractivity contribution is -0.383. The molecule has 4 N–H and O–H groups in total. The second-order valence-corrected chi connectivity index (χ2v) is 4.06. The highest BCUT2D eigenvalue weighted by atomic mass is 16.6. The van der Waals surface area contributed by atoms with Crippen molar-refractivity contribution in [1.82, 2.24) is 5.32 Å². The molecule has 8 heteroatoms. The van der Waals surface area contributed by atoms with Crippen molar-refractivity contribution in [2.24, 2.45) is 5.73 Å². The number of nitro benzene ring substituents is 1. The Balaban J connectivity index is 2.69.